The highest BCUT2D eigenvalue weighted by Gasteiger charge is 2.52. The van der Waals surface area contributed by atoms with E-state index in [1.165, 1.54) is 5.56 Å². The minimum absolute atomic E-state index is 0.228. The van der Waals surface area contributed by atoms with Crippen LogP contribution in [-0.2, 0) is 20.7 Å². The molecule has 2 heterocycles. The third kappa shape index (κ3) is 5.29. The molecule has 2 aromatic rings. The van der Waals surface area contributed by atoms with E-state index in [9.17, 15) is 4.79 Å². The van der Waals surface area contributed by atoms with E-state index in [4.69, 9.17) is 14.0 Å². The Morgan fingerprint density at radius 2 is 1.79 bits per heavy atom. The second-order valence-corrected chi connectivity index (χ2v) is 8.98. The van der Waals surface area contributed by atoms with E-state index in [0.717, 1.165) is 16.6 Å². The van der Waals surface area contributed by atoms with Crippen molar-refractivity contribution in [1.82, 2.24) is 5.32 Å². The first-order chi connectivity index (χ1) is 13.7. The molecule has 1 N–H and O–H groups in total. The van der Waals surface area contributed by atoms with Crippen molar-refractivity contribution in [2.24, 2.45) is 0 Å². The van der Waals surface area contributed by atoms with Crippen LogP contribution in [0.4, 0.5) is 4.79 Å². The predicted octanol–water partition coefficient (Wildman–Crippen LogP) is 5.00. The summed E-state index contributed by atoms with van der Waals surface area (Å²) >= 11 is 1.64. The molecule has 1 saturated heterocycles. The summed E-state index contributed by atoms with van der Waals surface area (Å²) in [4.78, 5) is 12.2. The molecule has 0 radical (unpaired) electrons. The van der Waals surface area contributed by atoms with Crippen molar-refractivity contribution in [1.29, 1.82) is 0 Å². The Bertz CT molecular complexity index is 860. The molecule has 0 atom stereocenters. The van der Waals surface area contributed by atoms with Crippen LogP contribution in [0.5, 0.6) is 0 Å². The second kappa shape index (κ2) is 8.73. The molecule has 0 saturated carbocycles. The van der Waals surface area contributed by atoms with Crippen molar-refractivity contribution >= 4 is 30.6 Å². The summed E-state index contributed by atoms with van der Waals surface area (Å²) < 4.78 is 17.7. The van der Waals surface area contributed by atoms with E-state index >= 15 is 0 Å². The number of alkyl carbamates (subject to hydrolysis) is 1. The van der Waals surface area contributed by atoms with Gasteiger partial charge in [-0.05, 0) is 67.5 Å². The molecule has 1 aliphatic rings. The van der Waals surface area contributed by atoms with Gasteiger partial charge in [0.2, 0.25) is 0 Å². The van der Waals surface area contributed by atoms with Crippen molar-refractivity contribution in [3.05, 3.63) is 63.3 Å². The highest BCUT2D eigenvalue weighted by atomic mass is 32.1. The Hall–Kier alpha value is -2.09. The number of carbonyl (C=O) groups is 1. The fourth-order valence-corrected chi connectivity index (χ4v) is 3.67. The maximum atomic E-state index is 12.2. The summed E-state index contributed by atoms with van der Waals surface area (Å²) in [6.45, 7) is 10.6. The molecule has 3 rings (SSSR count). The number of carbonyl (C=O) groups excluding carboxylic acids is 1. The molecule has 7 heteroatoms. The van der Waals surface area contributed by atoms with Gasteiger partial charge in [-0.25, -0.2) is 4.79 Å². The molecular weight excluding hydrogens is 385 g/mol. The van der Waals surface area contributed by atoms with E-state index in [1.807, 2.05) is 64.1 Å². The number of rotatable bonds is 6. The van der Waals surface area contributed by atoms with Crippen LogP contribution >= 0.6 is 11.3 Å². The van der Waals surface area contributed by atoms with E-state index in [-0.39, 0.29) is 13.2 Å². The number of nitrogens with one attached hydrogen (secondary N) is 1. The SMILES string of the molecule is Cc1cscc1C=C(CNC(=O)OCc1ccccc1)B1OC(C)(C)C(C)(C)O1. The summed E-state index contributed by atoms with van der Waals surface area (Å²) in [7, 11) is -0.534. The predicted molar refractivity (Wildman–Crippen MR) is 118 cm³/mol. The first kappa shape index (κ1) is 21.6. The molecule has 1 fully saturated rings. The molecular formula is C22H28BNO4S. The van der Waals surface area contributed by atoms with Crippen molar-refractivity contribution in [2.45, 2.75) is 52.4 Å². The number of hydrogen-bond donors (Lipinski definition) is 1. The lowest BCUT2D eigenvalue weighted by Crippen LogP contribution is -2.41. The molecule has 1 amide bonds. The highest BCUT2D eigenvalue weighted by molar-refractivity contribution is 7.08. The lowest BCUT2D eigenvalue weighted by Gasteiger charge is -2.32. The van der Waals surface area contributed by atoms with Crippen LogP contribution in [0.3, 0.4) is 0 Å². The van der Waals surface area contributed by atoms with Gasteiger partial charge in [0.05, 0.1) is 11.2 Å². The first-order valence-corrected chi connectivity index (χ1v) is 10.7. The Kier molecular flexibility index (Phi) is 6.51. The van der Waals surface area contributed by atoms with Crippen LogP contribution in [0.2, 0.25) is 0 Å². The van der Waals surface area contributed by atoms with Gasteiger partial charge in [-0.3, -0.25) is 0 Å². The molecule has 1 aromatic heterocycles. The van der Waals surface area contributed by atoms with E-state index in [2.05, 4.69) is 23.0 Å². The number of ether oxygens (including phenoxy) is 1. The van der Waals surface area contributed by atoms with Gasteiger partial charge in [-0.2, -0.15) is 11.3 Å². The zero-order chi connectivity index (χ0) is 21.1. The van der Waals surface area contributed by atoms with Crippen LogP contribution in [0.15, 0.2) is 46.6 Å². The van der Waals surface area contributed by atoms with Crippen LogP contribution < -0.4 is 5.32 Å². The summed E-state index contributed by atoms with van der Waals surface area (Å²) in [5.41, 5.74) is 3.16. The third-order valence-corrected chi connectivity index (χ3v) is 6.32. The standard InChI is InChI=1S/C22H28BNO4S/c1-16-14-29-15-18(16)11-19(23-27-21(2,3)22(4,5)28-23)12-24-20(25)26-13-17-9-7-6-8-10-17/h6-11,14-15H,12-13H2,1-5H3,(H,24,25). The molecule has 154 valence electrons. The number of benzene rings is 1. The Morgan fingerprint density at radius 3 is 2.38 bits per heavy atom. The molecule has 0 unspecified atom stereocenters. The molecule has 0 bridgehead atoms. The first-order valence-electron chi connectivity index (χ1n) is 9.71. The lowest BCUT2D eigenvalue weighted by atomic mass is 9.77. The number of thiophene rings is 1. The van der Waals surface area contributed by atoms with Crippen molar-refractivity contribution in [3.8, 4) is 0 Å². The van der Waals surface area contributed by atoms with Gasteiger partial charge in [0.1, 0.15) is 6.61 Å². The maximum Gasteiger partial charge on any atom is 0.492 e. The van der Waals surface area contributed by atoms with Gasteiger partial charge in [0.25, 0.3) is 0 Å². The lowest BCUT2D eigenvalue weighted by molar-refractivity contribution is 0.00578. The molecule has 5 nitrogen and oxygen atoms in total. The monoisotopic (exact) mass is 413 g/mol. The van der Waals surface area contributed by atoms with Crippen LogP contribution in [-0.4, -0.2) is 31.0 Å². The van der Waals surface area contributed by atoms with Gasteiger partial charge >= 0.3 is 13.2 Å². The fraction of sp³-hybridized carbons (Fsp3) is 0.409. The normalized spacial score (nSPS) is 18.0. The quantitative estimate of drug-likeness (QED) is 0.678. The number of hydrogen-bond acceptors (Lipinski definition) is 5. The Balaban J connectivity index is 1.68. The highest BCUT2D eigenvalue weighted by Crippen LogP contribution is 2.39. The van der Waals surface area contributed by atoms with Crippen molar-refractivity contribution < 1.29 is 18.8 Å². The minimum atomic E-state index is -0.534. The summed E-state index contributed by atoms with van der Waals surface area (Å²) in [5.74, 6) is 0. The van der Waals surface area contributed by atoms with E-state index in [1.54, 1.807) is 11.3 Å². The van der Waals surface area contributed by atoms with E-state index in [0.29, 0.717) is 0 Å². The van der Waals surface area contributed by atoms with Gasteiger partial charge in [0.15, 0.2) is 0 Å². The third-order valence-electron chi connectivity index (χ3n) is 5.44. The maximum absolute atomic E-state index is 12.2. The zero-order valence-electron chi connectivity index (χ0n) is 17.7. The second-order valence-electron chi connectivity index (χ2n) is 8.23. The van der Waals surface area contributed by atoms with Gasteiger partial charge in [-0.1, -0.05) is 36.4 Å². The average Bonchev–Trinajstić information content (AvgIpc) is 3.16. The molecule has 1 aromatic carbocycles. The summed E-state index contributed by atoms with van der Waals surface area (Å²) in [6.07, 6.45) is 1.56. The fourth-order valence-electron chi connectivity index (χ4n) is 2.86. The van der Waals surface area contributed by atoms with Gasteiger partial charge in [-0.15, -0.1) is 0 Å². The molecule has 1 aliphatic heterocycles. The summed E-state index contributed by atoms with van der Waals surface area (Å²) in [5, 5.41) is 7.00. The minimum Gasteiger partial charge on any atom is -0.445 e. The molecule has 0 spiro atoms. The smallest absolute Gasteiger partial charge is 0.445 e. The van der Waals surface area contributed by atoms with Crippen molar-refractivity contribution in [2.75, 3.05) is 6.54 Å². The van der Waals surface area contributed by atoms with Crippen LogP contribution in [0, 0.1) is 6.92 Å². The van der Waals surface area contributed by atoms with Gasteiger partial charge < -0.3 is 19.4 Å². The van der Waals surface area contributed by atoms with Crippen LogP contribution in [0.1, 0.15) is 44.4 Å². The Labute approximate surface area is 177 Å². The van der Waals surface area contributed by atoms with Crippen LogP contribution in [0.25, 0.3) is 6.08 Å². The molecule has 29 heavy (non-hydrogen) atoms. The van der Waals surface area contributed by atoms with Crippen molar-refractivity contribution in [3.63, 3.8) is 0 Å². The number of aryl methyl sites for hydroxylation is 1. The summed E-state index contributed by atoms with van der Waals surface area (Å²) in [6, 6.07) is 9.60. The van der Waals surface area contributed by atoms with E-state index < -0.39 is 24.4 Å². The largest absolute Gasteiger partial charge is 0.492 e. The number of amides is 1. The topological polar surface area (TPSA) is 56.8 Å². The zero-order valence-corrected chi connectivity index (χ0v) is 18.5. The molecule has 0 aliphatic carbocycles. The Morgan fingerprint density at radius 1 is 1.14 bits per heavy atom. The average molecular weight is 413 g/mol. The van der Waals surface area contributed by atoms with Gasteiger partial charge in [0, 0.05) is 6.54 Å².